The Hall–Kier alpha value is -2.09. The summed E-state index contributed by atoms with van der Waals surface area (Å²) < 4.78 is 49.1. The monoisotopic (exact) mass is 531 g/mol. The molecule has 0 aliphatic heterocycles. The van der Waals surface area contributed by atoms with Gasteiger partial charge in [0.15, 0.2) is 0 Å². The third-order valence-electron chi connectivity index (χ3n) is 5.08. The minimum atomic E-state index is -4.07. The Bertz CT molecular complexity index is 1120. The van der Waals surface area contributed by atoms with E-state index in [2.05, 4.69) is 27.2 Å². The summed E-state index contributed by atoms with van der Waals surface area (Å²) >= 11 is 0.508. The fourth-order valence-electron chi connectivity index (χ4n) is 3.25. The number of amides is 1. The lowest BCUT2D eigenvalue weighted by molar-refractivity contribution is -0.116. The van der Waals surface area contributed by atoms with Crippen molar-refractivity contribution in [3.8, 4) is 0 Å². The molecule has 1 aromatic carbocycles. The molecule has 1 amide bonds. The lowest BCUT2D eigenvalue weighted by Gasteiger charge is -2.08. The predicted octanol–water partition coefficient (Wildman–Crippen LogP) is 4.24. The highest BCUT2D eigenvalue weighted by Gasteiger charge is 2.20. The highest BCUT2D eigenvalue weighted by molar-refractivity contribution is 7.93. The first-order chi connectivity index (χ1) is 16.1. The molecule has 2 rings (SSSR count). The largest absolute Gasteiger partial charge is 0.326 e. The average Bonchev–Trinajstić information content (AvgIpc) is 3.24. The number of carbonyl (C=O) groups excluding carboxylic acids is 1. The fraction of sp³-hybridized carbons (Fsp3) is 0.571. The van der Waals surface area contributed by atoms with Crippen LogP contribution in [0.1, 0.15) is 77.6 Å². The second kappa shape index (κ2) is 13.7. The summed E-state index contributed by atoms with van der Waals surface area (Å²) in [4.78, 5) is 12.1. The lowest BCUT2D eigenvalue weighted by Crippen LogP contribution is -2.14. The van der Waals surface area contributed by atoms with Crippen molar-refractivity contribution in [2.75, 3.05) is 10.0 Å². The minimum absolute atomic E-state index is 0.0763. The minimum Gasteiger partial charge on any atom is -0.326 e. The third-order valence-corrected chi connectivity index (χ3v) is 8.71. The number of carbonyl (C=O) groups is 1. The van der Waals surface area contributed by atoms with Gasteiger partial charge in [0.25, 0.3) is 20.0 Å². The van der Waals surface area contributed by atoms with Gasteiger partial charge in [-0.3, -0.25) is 9.52 Å². The molecule has 0 aliphatic carbocycles. The van der Waals surface area contributed by atoms with Crippen molar-refractivity contribution in [2.24, 2.45) is 5.14 Å². The SMILES string of the molecule is CCCCCCCCCCCCC(=O)Nc1ccc(S(=O)(=O)Nc2nnc(S(N)(=O)=O)s2)cc1. The number of aromatic nitrogens is 2. The van der Waals surface area contributed by atoms with Gasteiger partial charge in [0, 0.05) is 12.1 Å². The maximum Gasteiger partial charge on any atom is 0.267 e. The molecule has 0 saturated heterocycles. The van der Waals surface area contributed by atoms with E-state index in [0.717, 1.165) is 19.3 Å². The second-order valence-electron chi connectivity index (χ2n) is 8.03. The second-order valence-corrected chi connectivity index (χ2v) is 12.4. The van der Waals surface area contributed by atoms with Crippen molar-refractivity contribution in [1.82, 2.24) is 10.2 Å². The molecule has 0 aliphatic rings. The molecule has 190 valence electrons. The van der Waals surface area contributed by atoms with Gasteiger partial charge in [-0.1, -0.05) is 76.0 Å². The number of benzene rings is 1. The topological polar surface area (TPSA) is 161 Å². The molecule has 4 N–H and O–H groups in total. The van der Waals surface area contributed by atoms with Gasteiger partial charge in [-0.05, 0) is 30.7 Å². The van der Waals surface area contributed by atoms with E-state index in [0.29, 0.717) is 23.4 Å². The maximum absolute atomic E-state index is 12.5. The molecular weight excluding hydrogens is 498 g/mol. The Morgan fingerprint density at radius 1 is 0.882 bits per heavy atom. The Labute approximate surface area is 205 Å². The van der Waals surface area contributed by atoms with Crippen molar-refractivity contribution in [2.45, 2.75) is 86.8 Å². The number of anilines is 2. The van der Waals surface area contributed by atoms with E-state index in [-0.39, 0.29) is 15.9 Å². The van der Waals surface area contributed by atoms with Gasteiger partial charge < -0.3 is 5.32 Å². The number of unbranched alkanes of at least 4 members (excludes halogenated alkanes) is 9. The summed E-state index contributed by atoms with van der Waals surface area (Å²) in [7, 11) is -8.08. The van der Waals surface area contributed by atoms with Crippen LogP contribution in [0.25, 0.3) is 0 Å². The van der Waals surface area contributed by atoms with Crippen molar-refractivity contribution in [3.05, 3.63) is 24.3 Å². The zero-order valence-electron chi connectivity index (χ0n) is 19.3. The third kappa shape index (κ3) is 10.0. The normalized spacial score (nSPS) is 11.9. The molecule has 0 bridgehead atoms. The van der Waals surface area contributed by atoms with E-state index in [9.17, 15) is 21.6 Å². The summed E-state index contributed by atoms with van der Waals surface area (Å²) in [6, 6.07) is 5.64. The molecule has 0 radical (unpaired) electrons. The van der Waals surface area contributed by atoms with Gasteiger partial charge in [0.05, 0.1) is 4.90 Å². The lowest BCUT2D eigenvalue weighted by atomic mass is 10.1. The number of hydrogen-bond acceptors (Lipinski definition) is 8. The standard InChI is InChI=1S/C21H33N5O5S3/c1-2-3-4-5-6-7-8-9-10-11-12-19(27)23-17-13-15-18(16-14-17)34(30,31)26-20-24-25-21(32-20)33(22,28)29/h13-16H,2-12H2,1H3,(H,23,27)(H,24,26)(H2,22,28,29). The van der Waals surface area contributed by atoms with Crippen molar-refractivity contribution >= 4 is 48.1 Å². The highest BCUT2D eigenvalue weighted by atomic mass is 32.2. The number of rotatable bonds is 16. The molecule has 0 atom stereocenters. The number of primary sulfonamides is 1. The van der Waals surface area contributed by atoms with Crippen molar-refractivity contribution < 1.29 is 21.6 Å². The van der Waals surface area contributed by atoms with Crippen LogP contribution in [0, 0.1) is 0 Å². The predicted molar refractivity (Wildman–Crippen MR) is 134 cm³/mol. The Morgan fingerprint density at radius 2 is 1.44 bits per heavy atom. The quantitative estimate of drug-likeness (QED) is 0.273. The van der Waals surface area contributed by atoms with Crippen LogP contribution in [-0.2, 0) is 24.8 Å². The molecular formula is C21H33N5O5S3. The molecule has 2 aromatic rings. The summed E-state index contributed by atoms with van der Waals surface area (Å²) in [6.07, 6.45) is 12.4. The van der Waals surface area contributed by atoms with Crippen LogP contribution in [0.2, 0.25) is 0 Å². The Morgan fingerprint density at radius 3 is 1.97 bits per heavy atom. The number of nitrogens with zero attached hydrogens (tertiary/aromatic N) is 2. The van der Waals surface area contributed by atoms with E-state index < -0.39 is 24.4 Å². The van der Waals surface area contributed by atoms with E-state index in [1.807, 2.05) is 0 Å². The van der Waals surface area contributed by atoms with E-state index >= 15 is 0 Å². The Balaban J connectivity index is 1.72. The van der Waals surface area contributed by atoms with Crippen LogP contribution < -0.4 is 15.2 Å². The van der Waals surface area contributed by atoms with Crippen LogP contribution in [0.5, 0.6) is 0 Å². The van der Waals surface area contributed by atoms with Crippen molar-refractivity contribution in [3.63, 3.8) is 0 Å². The molecule has 0 unspecified atom stereocenters. The highest BCUT2D eigenvalue weighted by Crippen LogP contribution is 2.23. The van der Waals surface area contributed by atoms with Gasteiger partial charge in [-0.2, -0.15) is 0 Å². The van der Waals surface area contributed by atoms with Crippen LogP contribution in [-0.4, -0.2) is 32.9 Å². The average molecular weight is 532 g/mol. The number of sulfonamides is 2. The zero-order valence-corrected chi connectivity index (χ0v) is 21.8. The molecule has 13 heteroatoms. The van der Waals surface area contributed by atoms with E-state index in [4.69, 9.17) is 5.14 Å². The zero-order chi connectivity index (χ0) is 25.0. The first-order valence-corrected chi connectivity index (χ1v) is 15.3. The molecule has 0 saturated carbocycles. The summed E-state index contributed by atoms with van der Waals surface area (Å²) in [6.45, 7) is 2.22. The fourth-order valence-corrected chi connectivity index (χ4v) is 5.82. The van der Waals surface area contributed by atoms with Gasteiger partial charge in [-0.25, -0.2) is 22.0 Å². The Kier molecular flexibility index (Phi) is 11.4. The molecule has 0 fully saturated rings. The molecule has 1 aromatic heterocycles. The van der Waals surface area contributed by atoms with Gasteiger partial charge in [0.2, 0.25) is 15.4 Å². The van der Waals surface area contributed by atoms with E-state index in [1.165, 1.54) is 69.2 Å². The summed E-state index contributed by atoms with van der Waals surface area (Å²) in [5.74, 6) is -0.113. The molecule has 1 heterocycles. The molecule has 0 spiro atoms. The first kappa shape index (κ1) is 28.1. The molecule has 34 heavy (non-hydrogen) atoms. The van der Waals surface area contributed by atoms with Gasteiger partial charge in [0.1, 0.15) is 0 Å². The van der Waals surface area contributed by atoms with Crippen LogP contribution in [0.4, 0.5) is 10.8 Å². The van der Waals surface area contributed by atoms with Crippen molar-refractivity contribution in [1.29, 1.82) is 0 Å². The number of nitrogens with one attached hydrogen (secondary N) is 2. The smallest absolute Gasteiger partial charge is 0.267 e. The van der Waals surface area contributed by atoms with E-state index in [1.54, 1.807) is 0 Å². The maximum atomic E-state index is 12.5. The first-order valence-electron chi connectivity index (χ1n) is 11.4. The van der Waals surface area contributed by atoms with Crippen LogP contribution in [0.3, 0.4) is 0 Å². The number of hydrogen-bond donors (Lipinski definition) is 3. The molecule has 10 nitrogen and oxygen atoms in total. The van der Waals surface area contributed by atoms with Gasteiger partial charge in [-0.15, -0.1) is 10.2 Å². The summed E-state index contributed by atoms with van der Waals surface area (Å²) in [5, 5.41) is 14.3. The number of nitrogens with two attached hydrogens (primary N) is 1. The van der Waals surface area contributed by atoms with Crippen LogP contribution in [0.15, 0.2) is 33.5 Å². The van der Waals surface area contributed by atoms with Crippen LogP contribution >= 0.6 is 11.3 Å². The summed E-state index contributed by atoms with van der Waals surface area (Å²) in [5.41, 5.74) is 0.489. The van der Waals surface area contributed by atoms with Gasteiger partial charge >= 0.3 is 0 Å².